The number of hydrogen-bond donors (Lipinski definition) is 1. The monoisotopic (exact) mass is 275 g/mol. The number of benzene rings is 1. The van der Waals surface area contributed by atoms with Gasteiger partial charge in [-0.2, -0.15) is 5.10 Å². The Morgan fingerprint density at radius 3 is 2.75 bits per heavy atom. The first-order valence-corrected chi connectivity index (χ1v) is 6.87. The van der Waals surface area contributed by atoms with Crippen molar-refractivity contribution in [3.8, 4) is 11.5 Å². The van der Waals surface area contributed by atoms with Gasteiger partial charge in [-0.1, -0.05) is 12.1 Å². The Hall–Kier alpha value is -2.01. The molecule has 1 heterocycles. The Morgan fingerprint density at radius 2 is 2.10 bits per heavy atom. The zero-order valence-corrected chi connectivity index (χ0v) is 12.0. The normalized spacial score (nSPS) is 10.6. The van der Waals surface area contributed by atoms with Crippen LogP contribution in [0.15, 0.2) is 30.6 Å². The molecule has 0 atom stereocenters. The zero-order valence-electron chi connectivity index (χ0n) is 12.0. The van der Waals surface area contributed by atoms with Crippen LogP contribution in [-0.2, 0) is 19.7 Å². The molecule has 0 bridgehead atoms. The lowest BCUT2D eigenvalue weighted by Crippen LogP contribution is -2.05. The fraction of sp³-hybridized carbons (Fsp3) is 0.400. The van der Waals surface area contributed by atoms with Crippen molar-refractivity contribution < 1.29 is 9.47 Å². The molecule has 1 aromatic heterocycles. The van der Waals surface area contributed by atoms with E-state index in [4.69, 9.17) is 15.2 Å². The Kier molecular flexibility index (Phi) is 5.01. The highest BCUT2D eigenvalue weighted by Crippen LogP contribution is 2.31. The van der Waals surface area contributed by atoms with E-state index in [1.54, 1.807) is 0 Å². The smallest absolute Gasteiger partial charge is 0.166 e. The summed E-state index contributed by atoms with van der Waals surface area (Å²) >= 11 is 0. The van der Waals surface area contributed by atoms with Crippen molar-refractivity contribution >= 4 is 0 Å². The molecule has 2 aromatic rings. The van der Waals surface area contributed by atoms with E-state index in [2.05, 4.69) is 12.0 Å². The number of ether oxygens (including phenoxy) is 2. The average molecular weight is 275 g/mol. The molecule has 0 amide bonds. The SMILES string of the molecule is CCOc1cccc(CN)c1OCc1cnn(CC)c1. The summed E-state index contributed by atoms with van der Waals surface area (Å²) in [4.78, 5) is 0. The standard InChI is InChI=1S/C15H21N3O2/c1-3-18-10-12(9-17-18)11-20-15-13(8-16)6-5-7-14(15)19-4-2/h5-7,9-10H,3-4,8,11,16H2,1-2H3. The number of aryl methyl sites for hydroxylation is 1. The molecule has 5 nitrogen and oxygen atoms in total. The minimum absolute atomic E-state index is 0.421. The number of nitrogens with two attached hydrogens (primary N) is 1. The summed E-state index contributed by atoms with van der Waals surface area (Å²) in [6.45, 7) is 6.32. The molecule has 0 saturated heterocycles. The van der Waals surface area contributed by atoms with Gasteiger partial charge in [0.1, 0.15) is 6.61 Å². The predicted octanol–water partition coefficient (Wildman–Crippen LogP) is 2.34. The van der Waals surface area contributed by atoms with Crippen LogP contribution in [0.5, 0.6) is 11.5 Å². The number of para-hydroxylation sites is 1. The van der Waals surface area contributed by atoms with Crippen LogP contribution in [0, 0.1) is 0 Å². The van der Waals surface area contributed by atoms with Gasteiger partial charge in [0.05, 0.1) is 12.8 Å². The largest absolute Gasteiger partial charge is 0.490 e. The second-order valence-corrected chi connectivity index (χ2v) is 4.37. The molecule has 20 heavy (non-hydrogen) atoms. The van der Waals surface area contributed by atoms with E-state index in [9.17, 15) is 0 Å². The van der Waals surface area contributed by atoms with Gasteiger partial charge in [-0.3, -0.25) is 4.68 Å². The molecule has 1 aromatic carbocycles. The predicted molar refractivity (Wildman–Crippen MR) is 77.7 cm³/mol. The lowest BCUT2D eigenvalue weighted by atomic mass is 10.2. The maximum atomic E-state index is 5.90. The maximum Gasteiger partial charge on any atom is 0.166 e. The van der Waals surface area contributed by atoms with Gasteiger partial charge >= 0.3 is 0 Å². The minimum atomic E-state index is 0.421. The summed E-state index contributed by atoms with van der Waals surface area (Å²) in [5.41, 5.74) is 7.73. The zero-order chi connectivity index (χ0) is 14.4. The van der Waals surface area contributed by atoms with Gasteiger partial charge < -0.3 is 15.2 Å². The Balaban J connectivity index is 2.14. The van der Waals surface area contributed by atoms with E-state index < -0.39 is 0 Å². The Labute approximate surface area is 119 Å². The van der Waals surface area contributed by atoms with Crippen molar-refractivity contribution in [1.29, 1.82) is 0 Å². The molecule has 2 N–H and O–H groups in total. The highest BCUT2D eigenvalue weighted by Gasteiger charge is 2.10. The third-order valence-electron chi connectivity index (χ3n) is 2.97. The molecule has 0 aliphatic heterocycles. The van der Waals surface area contributed by atoms with E-state index in [1.807, 2.05) is 42.2 Å². The Morgan fingerprint density at radius 1 is 1.25 bits per heavy atom. The van der Waals surface area contributed by atoms with Crippen LogP contribution in [0.1, 0.15) is 25.0 Å². The van der Waals surface area contributed by atoms with E-state index in [1.165, 1.54) is 0 Å². The number of nitrogens with zero attached hydrogens (tertiary/aromatic N) is 2. The van der Waals surface area contributed by atoms with E-state index in [0.29, 0.717) is 19.8 Å². The van der Waals surface area contributed by atoms with Crippen LogP contribution in [0.25, 0.3) is 0 Å². The summed E-state index contributed by atoms with van der Waals surface area (Å²) in [5, 5.41) is 4.23. The lowest BCUT2D eigenvalue weighted by Gasteiger charge is -2.14. The first-order valence-electron chi connectivity index (χ1n) is 6.87. The van der Waals surface area contributed by atoms with Gasteiger partial charge in [0.2, 0.25) is 0 Å². The van der Waals surface area contributed by atoms with Crippen molar-refractivity contribution in [1.82, 2.24) is 9.78 Å². The molecule has 0 unspecified atom stereocenters. The third-order valence-corrected chi connectivity index (χ3v) is 2.97. The lowest BCUT2D eigenvalue weighted by molar-refractivity contribution is 0.266. The molecule has 0 saturated carbocycles. The summed E-state index contributed by atoms with van der Waals surface area (Å²) in [7, 11) is 0. The quantitative estimate of drug-likeness (QED) is 0.842. The second-order valence-electron chi connectivity index (χ2n) is 4.37. The van der Waals surface area contributed by atoms with Crippen LogP contribution in [-0.4, -0.2) is 16.4 Å². The van der Waals surface area contributed by atoms with Gasteiger partial charge in [-0.05, 0) is 19.9 Å². The van der Waals surface area contributed by atoms with Crippen LogP contribution >= 0.6 is 0 Å². The van der Waals surface area contributed by atoms with Crippen LogP contribution < -0.4 is 15.2 Å². The molecular formula is C15H21N3O2. The molecule has 0 fully saturated rings. The molecule has 0 spiro atoms. The van der Waals surface area contributed by atoms with Gasteiger partial charge in [0.15, 0.2) is 11.5 Å². The van der Waals surface area contributed by atoms with Gasteiger partial charge in [-0.25, -0.2) is 0 Å². The van der Waals surface area contributed by atoms with Crippen LogP contribution in [0.2, 0.25) is 0 Å². The first-order chi connectivity index (χ1) is 9.78. The topological polar surface area (TPSA) is 62.3 Å². The third kappa shape index (κ3) is 3.30. The summed E-state index contributed by atoms with van der Waals surface area (Å²) in [6.07, 6.45) is 3.79. The number of hydrogen-bond acceptors (Lipinski definition) is 4. The maximum absolute atomic E-state index is 5.90. The highest BCUT2D eigenvalue weighted by atomic mass is 16.5. The van der Waals surface area contributed by atoms with Crippen molar-refractivity contribution in [3.63, 3.8) is 0 Å². The fourth-order valence-corrected chi connectivity index (χ4v) is 1.96. The van der Waals surface area contributed by atoms with Crippen LogP contribution in [0.4, 0.5) is 0 Å². The number of rotatable bonds is 7. The van der Waals surface area contributed by atoms with E-state index in [0.717, 1.165) is 29.2 Å². The molecule has 108 valence electrons. The summed E-state index contributed by atoms with van der Waals surface area (Å²) in [6, 6.07) is 5.77. The average Bonchev–Trinajstić information content (AvgIpc) is 2.94. The highest BCUT2D eigenvalue weighted by molar-refractivity contribution is 5.46. The molecule has 0 aliphatic carbocycles. The molecule has 2 rings (SSSR count). The molecule has 0 radical (unpaired) electrons. The Bertz CT molecular complexity index is 552. The minimum Gasteiger partial charge on any atom is -0.490 e. The van der Waals surface area contributed by atoms with Crippen molar-refractivity contribution in [2.24, 2.45) is 5.73 Å². The van der Waals surface area contributed by atoms with Gasteiger partial charge in [0, 0.05) is 30.4 Å². The summed E-state index contributed by atoms with van der Waals surface area (Å²) < 4.78 is 13.4. The van der Waals surface area contributed by atoms with Gasteiger partial charge in [0.25, 0.3) is 0 Å². The number of aromatic nitrogens is 2. The molecular weight excluding hydrogens is 254 g/mol. The van der Waals surface area contributed by atoms with Crippen LogP contribution in [0.3, 0.4) is 0 Å². The second kappa shape index (κ2) is 6.96. The van der Waals surface area contributed by atoms with Crippen molar-refractivity contribution in [3.05, 3.63) is 41.7 Å². The van der Waals surface area contributed by atoms with Crippen molar-refractivity contribution in [2.45, 2.75) is 33.5 Å². The van der Waals surface area contributed by atoms with Crippen molar-refractivity contribution in [2.75, 3.05) is 6.61 Å². The molecule has 0 aliphatic rings. The summed E-state index contributed by atoms with van der Waals surface area (Å²) in [5.74, 6) is 1.46. The van der Waals surface area contributed by atoms with E-state index in [-0.39, 0.29) is 0 Å². The van der Waals surface area contributed by atoms with E-state index >= 15 is 0 Å². The van der Waals surface area contributed by atoms with Gasteiger partial charge in [-0.15, -0.1) is 0 Å². The fourth-order valence-electron chi connectivity index (χ4n) is 1.96. The molecule has 5 heteroatoms. The first kappa shape index (κ1) is 14.4.